The van der Waals surface area contributed by atoms with E-state index in [4.69, 9.17) is 26.1 Å². The number of aromatic nitrogens is 1. The van der Waals surface area contributed by atoms with Gasteiger partial charge in [0.1, 0.15) is 5.52 Å². The van der Waals surface area contributed by atoms with Gasteiger partial charge in [0.05, 0.1) is 0 Å². The zero-order chi connectivity index (χ0) is 21.4. The van der Waals surface area contributed by atoms with E-state index in [1.165, 1.54) is 0 Å². The molecular weight excluding hydrogens is 414 g/mol. The Morgan fingerprint density at radius 1 is 1.03 bits per heavy atom. The Kier molecular flexibility index (Phi) is 4.76. The van der Waals surface area contributed by atoms with E-state index in [9.17, 15) is 4.79 Å². The lowest BCUT2D eigenvalue weighted by molar-refractivity contribution is 0.0977. The monoisotopic (exact) mass is 431 g/mol. The van der Waals surface area contributed by atoms with Gasteiger partial charge >= 0.3 is 0 Å². The second kappa shape index (κ2) is 7.73. The second-order valence-corrected chi connectivity index (χ2v) is 7.40. The minimum atomic E-state index is -0.344. The number of aryl methyl sites for hydroxylation is 1. The van der Waals surface area contributed by atoms with Crippen molar-refractivity contribution in [2.75, 3.05) is 12.1 Å². The summed E-state index contributed by atoms with van der Waals surface area (Å²) < 4.78 is 16.4. The van der Waals surface area contributed by atoms with Crippen molar-refractivity contribution in [3.05, 3.63) is 71.8 Å². The molecule has 1 aromatic heterocycles. The van der Waals surface area contributed by atoms with Crippen LogP contribution in [0.5, 0.6) is 11.5 Å². The maximum Gasteiger partial charge on any atom is 0.257 e. The van der Waals surface area contributed by atoms with E-state index >= 15 is 0 Å². The quantitative estimate of drug-likeness (QED) is 0.456. The molecule has 1 amide bonds. The molecule has 8 heteroatoms. The summed E-state index contributed by atoms with van der Waals surface area (Å²) in [6, 6.07) is 18.3. The van der Waals surface area contributed by atoms with Crippen LogP contribution >= 0.6 is 12.2 Å². The van der Waals surface area contributed by atoms with Gasteiger partial charge < -0.3 is 19.2 Å². The van der Waals surface area contributed by atoms with Crippen molar-refractivity contribution in [1.29, 1.82) is 0 Å². The Bertz CT molecular complexity index is 1300. The highest BCUT2D eigenvalue weighted by atomic mass is 32.1. The van der Waals surface area contributed by atoms with E-state index in [2.05, 4.69) is 15.6 Å². The number of thiocarbonyl (C=S) groups is 1. The lowest BCUT2D eigenvalue weighted by Gasteiger charge is -2.13. The highest BCUT2D eigenvalue weighted by molar-refractivity contribution is 7.80. The Morgan fingerprint density at radius 2 is 1.87 bits per heavy atom. The van der Waals surface area contributed by atoms with Crippen LogP contribution in [0.4, 0.5) is 5.69 Å². The van der Waals surface area contributed by atoms with Crippen LogP contribution in [0.3, 0.4) is 0 Å². The van der Waals surface area contributed by atoms with Crippen molar-refractivity contribution >= 4 is 40.0 Å². The molecule has 0 saturated heterocycles. The average Bonchev–Trinajstić information content (AvgIpc) is 3.41. The zero-order valence-corrected chi connectivity index (χ0v) is 17.3. The molecule has 2 N–H and O–H groups in total. The molecule has 5 rings (SSSR count). The number of ether oxygens (including phenoxy) is 2. The van der Waals surface area contributed by atoms with Crippen LogP contribution in [-0.4, -0.2) is 22.8 Å². The molecule has 0 saturated carbocycles. The van der Waals surface area contributed by atoms with Gasteiger partial charge in [-0.2, -0.15) is 0 Å². The van der Waals surface area contributed by atoms with Crippen molar-refractivity contribution in [3.8, 4) is 23.0 Å². The molecule has 0 atom stereocenters. The molecule has 0 unspecified atom stereocenters. The summed E-state index contributed by atoms with van der Waals surface area (Å²) in [5.41, 5.74) is 4.44. The van der Waals surface area contributed by atoms with Crippen LogP contribution in [0.25, 0.3) is 22.6 Å². The van der Waals surface area contributed by atoms with E-state index in [0.29, 0.717) is 23.0 Å². The number of nitrogens with zero attached hydrogens (tertiary/aromatic N) is 1. The van der Waals surface area contributed by atoms with Crippen molar-refractivity contribution in [3.63, 3.8) is 0 Å². The van der Waals surface area contributed by atoms with E-state index in [1.54, 1.807) is 18.2 Å². The van der Waals surface area contributed by atoms with Crippen LogP contribution in [0.2, 0.25) is 0 Å². The molecule has 1 aliphatic rings. The van der Waals surface area contributed by atoms with Crippen molar-refractivity contribution in [2.24, 2.45) is 0 Å². The number of rotatable bonds is 3. The van der Waals surface area contributed by atoms with Crippen LogP contribution in [-0.2, 0) is 0 Å². The van der Waals surface area contributed by atoms with Gasteiger partial charge in [0.2, 0.25) is 12.7 Å². The van der Waals surface area contributed by atoms with Crippen molar-refractivity contribution in [2.45, 2.75) is 6.92 Å². The van der Waals surface area contributed by atoms with E-state index < -0.39 is 0 Å². The minimum absolute atomic E-state index is 0.149. The molecule has 0 aliphatic carbocycles. The topological polar surface area (TPSA) is 85.6 Å². The molecule has 0 radical (unpaired) electrons. The third kappa shape index (κ3) is 3.80. The largest absolute Gasteiger partial charge is 0.454 e. The number of para-hydroxylation sites is 2. The fraction of sp³-hybridized carbons (Fsp3) is 0.0870. The number of oxazole rings is 1. The summed E-state index contributed by atoms with van der Waals surface area (Å²) in [7, 11) is 0. The molecule has 1 aliphatic heterocycles. The van der Waals surface area contributed by atoms with Gasteiger partial charge in [0.15, 0.2) is 22.2 Å². The molecule has 0 spiro atoms. The first kappa shape index (κ1) is 19.1. The highest BCUT2D eigenvalue weighted by Gasteiger charge is 2.17. The maximum atomic E-state index is 12.6. The van der Waals surface area contributed by atoms with E-state index in [1.807, 2.05) is 49.4 Å². The number of hydrogen-bond acceptors (Lipinski definition) is 6. The lowest BCUT2D eigenvalue weighted by Crippen LogP contribution is -2.34. The SMILES string of the molecule is Cc1ccc(-c2nc3ccccc3o2)cc1NC(=S)NC(=O)c1ccc2c(c1)OCO2. The first-order chi connectivity index (χ1) is 15.1. The normalized spacial score (nSPS) is 12.0. The second-order valence-electron chi connectivity index (χ2n) is 6.99. The van der Waals surface area contributed by atoms with Crippen LogP contribution in [0, 0.1) is 6.92 Å². The molecule has 2 heterocycles. The lowest BCUT2D eigenvalue weighted by atomic mass is 10.1. The molecule has 3 aromatic carbocycles. The van der Waals surface area contributed by atoms with Gasteiger partial charge in [-0.3, -0.25) is 10.1 Å². The zero-order valence-electron chi connectivity index (χ0n) is 16.5. The van der Waals surface area contributed by atoms with Gasteiger partial charge in [-0.05, 0) is 67.2 Å². The van der Waals surface area contributed by atoms with E-state index in [-0.39, 0.29) is 17.8 Å². The molecule has 7 nitrogen and oxygen atoms in total. The van der Waals surface area contributed by atoms with Gasteiger partial charge in [0.25, 0.3) is 5.91 Å². The Hall–Kier alpha value is -3.91. The fourth-order valence-electron chi connectivity index (χ4n) is 3.25. The summed E-state index contributed by atoms with van der Waals surface area (Å²) in [5.74, 6) is 1.32. The first-order valence-electron chi connectivity index (χ1n) is 9.55. The molecule has 0 fully saturated rings. The number of carbonyl (C=O) groups is 1. The highest BCUT2D eigenvalue weighted by Crippen LogP contribution is 2.32. The first-order valence-corrected chi connectivity index (χ1v) is 9.96. The number of benzene rings is 3. The number of nitrogens with one attached hydrogen (secondary N) is 2. The summed E-state index contributed by atoms with van der Waals surface area (Å²) in [5, 5.41) is 5.95. The van der Waals surface area contributed by atoms with Crippen molar-refractivity contribution < 1.29 is 18.7 Å². The Balaban J connectivity index is 1.32. The third-order valence-electron chi connectivity index (χ3n) is 4.89. The molecular formula is C23H17N3O4S. The molecule has 4 aromatic rings. The summed E-state index contributed by atoms with van der Waals surface area (Å²) >= 11 is 5.35. The van der Waals surface area contributed by atoms with Crippen LogP contribution in [0.15, 0.2) is 65.1 Å². The van der Waals surface area contributed by atoms with Gasteiger partial charge in [0, 0.05) is 16.8 Å². The predicted octanol–water partition coefficient (Wildman–Crippen LogP) is 4.66. The summed E-state index contributed by atoms with van der Waals surface area (Å²) in [4.78, 5) is 17.1. The predicted molar refractivity (Wildman–Crippen MR) is 120 cm³/mol. The summed E-state index contributed by atoms with van der Waals surface area (Å²) in [6.45, 7) is 2.09. The third-order valence-corrected chi connectivity index (χ3v) is 5.09. The number of anilines is 1. The van der Waals surface area contributed by atoms with E-state index in [0.717, 1.165) is 27.9 Å². The summed E-state index contributed by atoms with van der Waals surface area (Å²) in [6.07, 6.45) is 0. The van der Waals surface area contributed by atoms with Gasteiger partial charge in [-0.15, -0.1) is 0 Å². The number of amides is 1. The van der Waals surface area contributed by atoms with Crippen LogP contribution in [0.1, 0.15) is 15.9 Å². The molecule has 154 valence electrons. The number of fused-ring (bicyclic) bond motifs is 2. The van der Waals surface area contributed by atoms with Gasteiger partial charge in [-0.1, -0.05) is 18.2 Å². The maximum absolute atomic E-state index is 12.6. The van der Waals surface area contributed by atoms with Crippen molar-refractivity contribution in [1.82, 2.24) is 10.3 Å². The fourth-order valence-corrected chi connectivity index (χ4v) is 3.45. The number of hydrogen-bond donors (Lipinski definition) is 2. The average molecular weight is 431 g/mol. The standard InChI is InChI=1S/C23H17N3O4S/c1-13-6-7-15(22-24-16-4-2-3-5-18(16)30-22)10-17(13)25-23(31)26-21(27)14-8-9-19-20(11-14)29-12-28-19/h2-11H,12H2,1H3,(H2,25,26,27,31). The Morgan fingerprint density at radius 3 is 2.74 bits per heavy atom. The smallest absolute Gasteiger partial charge is 0.257 e. The number of carbonyl (C=O) groups excluding carboxylic acids is 1. The molecule has 0 bridgehead atoms. The van der Waals surface area contributed by atoms with Gasteiger partial charge in [-0.25, -0.2) is 4.98 Å². The minimum Gasteiger partial charge on any atom is -0.454 e. The van der Waals surface area contributed by atoms with Crippen LogP contribution < -0.4 is 20.1 Å². The Labute approximate surface area is 183 Å². The molecule has 31 heavy (non-hydrogen) atoms.